The molecule has 0 aromatic rings. The molecular formula is C25H50O6SSi2. The van der Waals surface area contributed by atoms with Crippen molar-refractivity contribution in [3.05, 3.63) is 12.2 Å². The van der Waals surface area contributed by atoms with Gasteiger partial charge in [-0.3, -0.25) is 4.18 Å². The molecule has 0 saturated carbocycles. The van der Waals surface area contributed by atoms with E-state index in [4.69, 9.17) is 17.8 Å². The maximum atomic E-state index is 12.2. The van der Waals surface area contributed by atoms with Crippen molar-refractivity contribution < 1.29 is 26.2 Å². The third-order valence-corrected chi connectivity index (χ3v) is 17.8. The molecule has 0 N–H and O–H groups in total. The number of rotatable bonds is 6. The average Bonchev–Trinajstić information content (AvgIpc) is 2.61. The molecule has 0 amide bonds. The molecule has 1 fully saturated rings. The minimum atomic E-state index is -3.64. The van der Waals surface area contributed by atoms with Gasteiger partial charge in [0.15, 0.2) is 16.6 Å². The van der Waals surface area contributed by atoms with Crippen LogP contribution in [0.25, 0.3) is 0 Å². The highest BCUT2D eigenvalue weighted by Crippen LogP contribution is 2.44. The van der Waals surface area contributed by atoms with Crippen LogP contribution in [0.4, 0.5) is 0 Å². The van der Waals surface area contributed by atoms with Crippen LogP contribution < -0.4 is 0 Å². The molecule has 6 nitrogen and oxygen atoms in total. The zero-order chi connectivity index (χ0) is 26.2. The van der Waals surface area contributed by atoms with Crippen molar-refractivity contribution in [2.45, 2.75) is 140 Å². The summed E-state index contributed by atoms with van der Waals surface area (Å²) in [5, 5.41) is 0.100. The van der Waals surface area contributed by atoms with Gasteiger partial charge in [0.05, 0.1) is 24.6 Å². The van der Waals surface area contributed by atoms with Gasteiger partial charge in [0, 0.05) is 6.42 Å². The SMILES string of the molecule is CC(C)(C)[Si](C)(C)O[C@H]1C[C@@H](O[Si](C)(C)C(C)(C)C)[C@H]2O[C@@H]1CC/C=C\CC[C@H]2OS(C)(=O)=O. The summed E-state index contributed by atoms with van der Waals surface area (Å²) in [5.74, 6) is 0. The van der Waals surface area contributed by atoms with Crippen LogP contribution in [0, 0.1) is 0 Å². The minimum Gasteiger partial charge on any atom is -0.411 e. The maximum absolute atomic E-state index is 12.2. The summed E-state index contributed by atoms with van der Waals surface area (Å²) in [6.45, 7) is 22.4. The first kappa shape index (κ1) is 30.2. The first-order valence-electron chi connectivity index (χ1n) is 12.8. The summed E-state index contributed by atoms with van der Waals surface area (Å²) in [7, 11) is -7.84. The largest absolute Gasteiger partial charge is 0.411 e. The van der Waals surface area contributed by atoms with Gasteiger partial charge in [0.2, 0.25) is 0 Å². The molecular weight excluding hydrogens is 485 g/mol. The number of ether oxygens (including phenoxy) is 1. The summed E-state index contributed by atoms with van der Waals surface area (Å²) in [6, 6.07) is 0. The van der Waals surface area contributed by atoms with E-state index in [1.165, 1.54) is 0 Å². The zero-order valence-corrected chi connectivity index (χ0v) is 26.3. The number of hydrogen-bond acceptors (Lipinski definition) is 6. The minimum absolute atomic E-state index is 0.0194. The quantitative estimate of drug-likeness (QED) is 0.223. The van der Waals surface area contributed by atoms with Crippen molar-refractivity contribution in [2.24, 2.45) is 0 Å². The molecule has 0 aromatic carbocycles. The van der Waals surface area contributed by atoms with Crippen molar-refractivity contribution in [3.8, 4) is 0 Å². The molecule has 5 atom stereocenters. The monoisotopic (exact) mass is 534 g/mol. The first-order chi connectivity index (χ1) is 15.2. The maximum Gasteiger partial charge on any atom is 0.264 e. The van der Waals surface area contributed by atoms with Gasteiger partial charge in [0.25, 0.3) is 10.1 Å². The van der Waals surface area contributed by atoms with E-state index in [0.29, 0.717) is 12.8 Å². The molecule has 2 rings (SSSR count). The van der Waals surface area contributed by atoms with Gasteiger partial charge in [-0.25, -0.2) is 0 Å². The van der Waals surface area contributed by atoms with Crippen molar-refractivity contribution in [2.75, 3.05) is 6.26 Å². The fourth-order valence-corrected chi connectivity index (χ4v) is 7.42. The molecule has 2 aliphatic heterocycles. The second-order valence-corrected chi connectivity index (χ2v) is 24.3. The van der Waals surface area contributed by atoms with Crippen molar-refractivity contribution in [1.29, 1.82) is 0 Å². The van der Waals surface area contributed by atoms with Gasteiger partial charge in [-0.05, 0) is 61.9 Å². The standard InChI is InChI=1S/C25H50O6SSi2/c1-24(2,3)33(8,9)30-21-18-22(31-34(10,11)25(4,5)6)23-20(29-32(7,26)27)17-15-13-12-14-16-19(21)28-23/h12-13,19-23H,14-18H2,1-11H3/b13-12-/t19-,20-,21+,22-,23+/m1/s1. The molecule has 9 heteroatoms. The second-order valence-electron chi connectivity index (χ2n) is 13.2. The molecule has 2 heterocycles. The van der Waals surface area contributed by atoms with Crippen molar-refractivity contribution in [1.82, 2.24) is 0 Å². The van der Waals surface area contributed by atoms with E-state index in [9.17, 15) is 8.42 Å². The molecule has 200 valence electrons. The van der Waals surface area contributed by atoms with E-state index in [1.54, 1.807) is 0 Å². The summed E-state index contributed by atoms with van der Waals surface area (Å²) in [6.07, 6.45) is 7.70. The van der Waals surface area contributed by atoms with E-state index in [0.717, 1.165) is 25.5 Å². The molecule has 0 aromatic heterocycles. The van der Waals surface area contributed by atoms with Gasteiger partial charge >= 0.3 is 0 Å². The molecule has 0 aliphatic carbocycles. The molecule has 1 saturated heterocycles. The molecule has 0 radical (unpaired) electrons. The third kappa shape index (κ3) is 7.98. The van der Waals surface area contributed by atoms with Crippen LogP contribution in [0.2, 0.25) is 36.3 Å². The number of fused-ring (bicyclic) bond motifs is 2. The lowest BCUT2D eigenvalue weighted by Gasteiger charge is -2.50. The van der Waals surface area contributed by atoms with Crippen LogP contribution in [-0.2, 0) is 27.9 Å². The van der Waals surface area contributed by atoms with Crippen molar-refractivity contribution in [3.63, 3.8) is 0 Å². The van der Waals surface area contributed by atoms with Crippen LogP contribution in [0.3, 0.4) is 0 Å². The Morgan fingerprint density at radius 3 is 1.74 bits per heavy atom. The Kier molecular flexibility index (Phi) is 9.55. The van der Waals surface area contributed by atoms with E-state index in [-0.39, 0.29) is 28.4 Å². The van der Waals surface area contributed by atoms with E-state index in [2.05, 4.69) is 79.9 Å². The summed E-state index contributed by atoms with van der Waals surface area (Å²) in [4.78, 5) is 0. The number of allylic oxidation sites excluding steroid dienone is 2. The highest BCUT2D eigenvalue weighted by molar-refractivity contribution is 7.86. The Labute approximate surface area is 211 Å². The van der Waals surface area contributed by atoms with E-state index < -0.39 is 39.0 Å². The lowest BCUT2D eigenvalue weighted by Crippen LogP contribution is -2.60. The average molecular weight is 535 g/mol. The van der Waals surface area contributed by atoms with Crippen LogP contribution >= 0.6 is 0 Å². The second kappa shape index (κ2) is 10.8. The topological polar surface area (TPSA) is 71.1 Å². The molecule has 0 unspecified atom stereocenters. The fraction of sp³-hybridized carbons (Fsp3) is 0.920. The molecule has 34 heavy (non-hydrogen) atoms. The first-order valence-corrected chi connectivity index (χ1v) is 20.4. The van der Waals surface area contributed by atoms with Gasteiger partial charge in [-0.1, -0.05) is 53.7 Å². The summed E-state index contributed by atoms with van der Waals surface area (Å²) >= 11 is 0. The molecule has 0 spiro atoms. The van der Waals surface area contributed by atoms with Crippen LogP contribution in [-0.4, -0.2) is 61.8 Å². The predicted molar refractivity (Wildman–Crippen MR) is 145 cm³/mol. The lowest BCUT2D eigenvalue weighted by atomic mass is 9.90. The van der Waals surface area contributed by atoms with E-state index in [1.807, 2.05) is 0 Å². The van der Waals surface area contributed by atoms with Gasteiger partial charge < -0.3 is 13.6 Å². The normalized spacial score (nSPS) is 31.2. The molecule has 2 aliphatic rings. The van der Waals surface area contributed by atoms with Crippen LogP contribution in [0.5, 0.6) is 0 Å². The highest BCUT2D eigenvalue weighted by Gasteiger charge is 2.50. The smallest absolute Gasteiger partial charge is 0.264 e. The zero-order valence-electron chi connectivity index (χ0n) is 23.4. The van der Waals surface area contributed by atoms with Crippen molar-refractivity contribution >= 4 is 26.8 Å². The summed E-state index contributed by atoms with van der Waals surface area (Å²) < 4.78 is 50.6. The summed E-state index contributed by atoms with van der Waals surface area (Å²) in [5.41, 5.74) is 0. The Morgan fingerprint density at radius 2 is 1.26 bits per heavy atom. The Balaban J connectivity index is 2.48. The Morgan fingerprint density at radius 1 is 0.794 bits per heavy atom. The number of hydrogen-bond donors (Lipinski definition) is 0. The Hall–Kier alpha value is -0.0362. The van der Waals surface area contributed by atoms with Crippen LogP contribution in [0.1, 0.15) is 73.6 Å². The highest BCUT2D eigenvalue weighted by atomic mass is 32.2. The fourth-order valence-electron chi connectivity index (χ4n) is 4.07. The van der Waals surface area contributed by atoms with Gasteiger partial charge in [0.1, 0.15) is 12.2 Å². The van der Waals surface area contributed by atoms with Gasteiger partial charge in [-0.2, -0.15) is 8.42 Å². The van der Waals surface area contributed by atoms with Crippen LogP contribution in [0.15, 0.2) is 12.2 Å². The van der Waals surface area contributed by atoms with E-state index >= 15 is 0 Å². The van der Waals surface area contributed by atoms with Gasteiger partial charge in [-0.15, -0.1) is 0 Å². The molecule has 2 bridgehead atoms. The Bertz CT molecular complexity index is 810. The third-order valence-electron chi connectivity index (χ3n) is 8.15. The lowest BCUT2D eigenvalue weighted by molar-refractivity contribution is -0.188. The predicted octanol–water partition coefficient (Wildman–Crippen LogP) is 6.40.